The summed E-state index contributed by atoms with van der Waals surface area (Å²) in [6.07, 6.45) is 3.60. The zero-order valence-electron chi connectivity index (χ0n) is 12.2. The highest BCUT2D eigenvalue weighted by atomic mass is 32.1. The average molecular weight is 302 g/mol. The highest BCUT2D eigenvalue weighted by Gasteiger charge is 2.24. The van der Waals surface area contributed by atoms with Gasteiger partial charge < -0.3 is 9.64 Å². The SMILES string of the molecule is CC1CN(C(=O)/C=C/c2nc3ccccc3s2)CC(C)O1. The molecule has 1 aromatic heterocycles. The first-order valence-electron chi connectivity index (χ1n) is 7.10. The molecule has 0 bridgehead atoms. The van der Waals surface area contributed by atoms with Crippen LogP contribution in [0.15, 0.2) is 30.3 Å². The summed E-state index contributed by atoms with van der Waals surface area (Å²) in [6.45, 7) is 5.28. The fraction of sp³-hybridized carbons (Fsp3) is 0.375. The van der Waals surface area contributed by atoms with E-state index in [-0.39, 0.29) is 18.1 Å². The topological polar surface area (TPSA) is 42.4 Å². The number of fused-ring (bicyclic) bond motifs is 1. The van der Waals surface area contributed by atoms with Gasteiger partial charge in [-0.2, -0.15) is 0 Å². The zero-order valence-corrected chi connectivity index (χ0v) is 13.0. The van der Waals surface area contributed by atoms with Gasteiger partial charge in [0.05, 0.1) is 22.4 Å². The smallest absolute Gasteiger partial charge is 0.246 e. The molecule has 110 valence electrons. The fourth-order valence-corrected chi connectivity index (χ4v) is 3.44. The first-order chi connectivity index (χ1) is 10.1. The number of para-hydroxylation sites is 1. The molecule has 1 fully saturated rings. The van der Waals surface area contributed by atoms with Crippen molar-refractivity contribution in [1.82, 2.24) is 9.88 Å². The Morgan fingerprint density at radius 3 is 2.76 bits per heavy atom. The van der Waals surface area contributed by atoms with E-state index < -0.39 is 0 Å². The van der Waals surface area contributed by atoms with Crippen molar-refractivity contribution in [3.05, 3.63) is 35.3 Å². The van der Waals surface area contributed by atoms with Gasteiger partial charge in [0.1, 0.15) is 5.01 Å². The Bertz CT molecular complexity index is 637. The summed E-state index contributed by atoms with van der Waals surface area (Å²) in [5, 5.41) is 0.860. The number of benzene rings is 1. The third kappa shape index (κ3) is 3.31. The van der Waals surface area contributed by atoms with Crippen molar-refractivity contribution >= 4 is 33.5 Å². The zero-order chi connectivity index (χ0) is 14.8. The highest BCUT2D eigenvalue weighted by Crippen LogP contribution is 2.22. The number of rotatable bonds is 2. The molecular weight excluding hydrogens is 284 g/mol. The molecular formula is C16H18N2O2S. The number of ether oxygens (including phenoxy) is 1. The number of amides is 1. The predicted molar refractivity (Wildman–Crippen MR) is 85.2 cm³/mol. The third-order valence-corrected chi connectivity index (χ3v) is 4.41. The van der Waals surface area contributed by atoms with Crippen LogP contribution in [0.2, 0.25) is 0 Å². The number of hydrogen-bond donors (Lipinski definition) is 0. The van der Waals surface area contributed by atoms with E-state index in [0.29, 0.717) is 13.1 Å². The fourth-order valence-electron chi connectivity index (χ4n) is 2.57. The molecule has 1 aromatic carbocycles. The van der Waals surface area contributed by atoms with Crippen LogP contribution < -0.4 is 0 Å². The minimum atomic E-state index is 0.0243. The third-order valence-electron chi connectivity index (χ3n) is 3.41. The van der Waals surface area contributed by atoms with Gasteiger partial charge >= 0.3 is 0 Å². The second kappa shape index (κ2) is 5.95. The molecule has 1 aliphatic rings. The standard InChI is InChI=1S/C16H18N2O2S/c1-11-9-18(10-12(2)20-11)16(19)8-7-15-17-13-5-3-4-6-14(13)21-15/h3-8,11-12H,9-10H2,1-2H3/b8-7+. The number of carbonyl (C=O) groups excluding carboxylic acids is 1. The van der Waals surface area contributed by atoms with Crippen LogP contribution in [0, 0.1) is 0 Å². The first-order valence-corrected chi connectivity index (χ1v) is 7.91. The molecule has 0 aliphatic carbocycles. The van der Waals surface area contributed by atoms with Crippen molar-refractivity contribution < 1.29 is 9.53 Å². The molecule has 2 atom stereocenters. The minimum Gasteiger partial charge on any atom is -0.372 e. The summed E-state index contributed by atoms with van der Waals surface area (Å²) in [7, 11) is 0. The van der Waals surface area contributed by atoms with E-state index in [4.69, 9.17) is 4.74 Å². The van der Waals surface area contributed by atoms with Crippen LogP contribution in [0.3, 0.4) is 0 Å². The van der Waals surface area contributed by atoms with Crippen molar-refractivity contribution in [3.63, 3.8) is 0 Å². The van der Waals surface area contributed by atoms with E-state index in [1.54, 1.807) is 23.5 Å². The van der Waals surface area contributed by atoms with E-state index in [1.807, 2.05) is 43.0 Å². The monoisotopic (exact) mass is 302 g/mol. The summed E-state index contributed by atoms with van der Waals surface area (Å²) >= 11 is 1.59. The van der Waals surface area contributed by atoms with Crippen LogP contribution in [-0.4, -0.2) is 41.1 Å². The number of morpholine rings is 1. The molecule has 1 aliphatic heterocycles. The summed E-state index contributed by atoms with van der Waals surface area (Å²) in [5.41, 5.74) is 0.975. The van der Waals surface area contributed by atoms with Crippen LogP contribution in [0.4, 0.5) is 0 Å². The summed E-state index contributed by atoms with van der Waals surface area (Å²) in [5.74, 6) is 0.0243. The molecule has 0 saturated carbocycles. The lowest BCUT2D eigenvalue weighted by atomic mass is 10.2. The molecule has 0 radical (unpaired) electrons. The molecule has 2 aromatic rings. The number of hydrogen-bond acceptors (Lipinski definition) is 4. The highest BCUT2D eigenvalue weighted by molar-refractivity contribution is 7.19. The Labute approximate surface area is 128 Å². The van der Waals surface area contributed by atoms with Crippen molar-refractivity contribution in [2.24, 2.45) is 0 Å². The maximum absolute atomic E-state index is 12.2. The van der Waals surface area contributed by atoms with Crippen molar-refractivity contribution in [2.45, 2.75) is 26.1 Å². The Morgan fingerprint density at radius 2 is 2.05 bits per heavy atom. The van der Waals surface area contributed by atoms with E-state index in [0.717, 1.165) is 15.2 Å². The van der Waals surface area contributed by atoms with Gasteiger partial charge in [-0.15, -0.1) is 11.3 Å². The minimum absolute atomic E-state index is 0.0243. The van der Waals surface area contributed by atoms with E-state index >= 15 is 0 Å². The van der Waals surface area contributed by atoms with Crippen molar-refractivity contribution in [3.8, 4) is 0 Å². The van der Waals surface area contributed by atoms with E-state index in [1.165, 1.54) is 0 Å². The largest absolute Gasteiger partial charge is 0.372 e. The molecule has 3 rings (SSSR count). The number of nitrogens with zero attached hydrogens (tertiary/aromatic N) is 2. The van der Waals surface area contributed by atoms with Gasteiger partial charge in [0.15, 0.2) is 0 Å². The van der Waals surface area contributed by atoms with Gasteiger partial charge in [-0.3, -0.25) is 4.79 Å². The van der Waals surface area contributed by atoms with Gasteiger partial charge in [0.2, 0.25) is 5.91 Å². The van der Waals surface area contributed by atoms with Crippen molar-refractivity contribution in [1.29, 1.82) is 0 Å². The average Bonchev–Trinajstić information content (AvgIpc) is 2.86. The molecule has 2 heterocycles. The van der Waals surface area contributed by atoms with Gasteiger partial charge in [0, 0.05) is 19.2 Å². The van der Waals surface area contributed by atoms with Gasteiger partial charge in [0.25, 0.3) is 0 Å². The second-order valence-corrected chi connectivity index (χ2v) is 6.42. The van der Waals surface area contributed by atoms with E-state index in [9.17, 15) is 4.79 Å². The maximum Gasteiger partial charge on any atom is 0.246 e. The van der Waals surface area contributed by atoms with E-state index in [2.05, 4.69) is 4.98 Å². The lowest BCUT2D eigenvalue weighted by Crippen LogP contribution is -2.47. The summed E-state index contributed by atoms with van der Waals surface area (Å²) in [6, 6.07) is 7.99. The van der Waals surface area contributed by atoms with Gasteiger partial charge in [-0.05, 0) is 32.1 Å². The number of thiazole rings is 1. The Balaban J connectivity index is 1.71. The lowest BCUT2D eigenvalue weighted by molar-refractivity contribution is -0.137. The van der Waals surface area contributed by atoms with Gasteiger partial charge in [-0.25, -0.2) is 4.98 Å². The Morgan fingerprint density at radius 1 is 1.33 bits per heavy atom. The van der Waals surface area contributed by atoms with Crippen LogP contribution in [0.5, 0.6) is 0 Å². The van der Waals surface area contributed by atoms with Crippen LogP contribution >= 0.6 is 11.3 Å². The molecule has 1 amide bonds. The Kier molecular flexibility index (Phi) is 4.03. The van der Waals surface area contributed by atoms with Crippen molar-refractivity contribution in [2.75, 3.05) is 13.1 Å². The maximum atomic E-state index is 12.2. The molecule has 0 N–H and O–H groups in total. The van der Waals surface area contributed by atoms with Crippen LogP contribution in [0.1, 0.15) is 18.9 Å². The number of carbonyl (C=O) groups is 1. The number of aromatic nitrogens is 1. The molecule has 4 nitrogen and oxygen atoms in total. The summed E-state index contributed by atoms with van der Waals surface area (Å²) in [4.78, 5) is 18.6. The van der Waals surface area contributed by atoms with Crippen LogP contribution in [0.25, 0.3) is 16.3 Å². The quantitative estimate of drug-likeness (QED) is 0.801. The predicted octanol–water partition coefficient (Wildman–Crippen LogP) is 2.95. The van der Waals surface area contributed by atoms with Gasteiger partial charge in [-0.1, -0.05) is 12.1 Å². The summed E-state index contributed by atoms with van der Waals surface area (Å²) < 4.78 is 6.78. The Hall–Kier alpha value is -1.72. The molecule has 2 unspecified atom stereocenters. The normalized spacial score (nSPS) is 23.0. The molecule has 21 heavy (non-hydrogen) atoms. The van der Waals surface area contributed by atoms with Crippen LogP contribution in [-0.2, 0) is 9.53 Å². The molecule has 5 heteroatoms. The second-order valence-electron chi connectivity index (χ2n) is 5.35. The molecule has 1 saturated heterocycles. The first kappa shape index (κ1) is 14.2. The lowest BCUT2D eigenvalue weighted by Gasteiger charge is -2.34. The molecule has 0 spiro atoms.